The molecule has 10 nitrogen and oxygen atoms in total. The van der Waals surface area contributed by atoms with Crippen molar-refractivity contribution < 1.29 is 24.3 Å². The van der Waals surface area contributed by atoms with Crippen molar-refractivity contribution in [3.63, 3.8) is 0 Å². The van der Waals surface area contributed by atoms with Crippen LogP contribution in [0.25, 0.3) is 0 Å². The van der Waals surface area contributed by atoms with E-state index in [1.54, 1.807) is 0 Å². The highest BCUT2D eigenvalue weighted by atomic mass is 32.2. The molecular formula is C10H11N5O5S2. The summed E-state index contributed by atoms with van der Waals surface area (Å²) >= 11 is 2.08. The van der Waals surface area contributed by atoms with Crippen molar-refractivity contribution in [1.29, 1.82) is 0 Å². The average Bonchev–Trinajstić information content (AvgIpc) is 3.01. The van der Waals surface area contributed by atoms with E-state index < -0.39 is 29.6 Å². The highest BCUT2D eigenvalue weighted by Gasteiger charge is 2.32. The zero-order valence-corrected chi connectivity index (χ0v) is 12.6. The van der Waals surface area contributed by atoms with Crippen molar-refractivity contribution in [2.75, 3.05) is 12.3 Å². The third kappa shape index (κ3) is 4.73. The molecule has 1 atom stereocenters. The monoisotopic (exact) mass is 345 g/mol. The lowest BCUT2D eigenvalue weighted by atomic mass is 10.2. The van der Waals surface area contributed by atoms with Gasteiger partial charge in [0, 0.05) is 6.42 Å². The molecule has 2 fully saturated rings. The Bertz CT molecular complexity index is 590. The van der Waals surface area contributed by atoms with E-state index in [0.717, 1.165) is 23.5 Å². The molecule has 0 saturated carbocycles. The minimum Gasteiger partial charge on any atom is -0.480 e. The van der Waals surface area contributed by atoms with Gasteiger partial charge in [0.05, 0.1) is 5.75 Å². The first-order valence-corrected chi connectivity index (χ1v) is 7.85. The molecule has 0 aromatic rings. The van der Waals surface area contributed by atoms with E-state index in [4.69, 9.17) is 5.11 Å². The molecule has 2 aliphatic heterocycles. The van der Waals surface area contributed by atoms with Gasteiger partial charge in [0.1, 0.15) is 17.6 Å². The van der Waals surface area contributed by atoms with Crippen LogP contribution in [-0.2, 0) is 14.4 Å². The maximum atomic E-state index is 11.7. The van der Waals surface area contributed by atoms with Crippen LogP contribution in [0.2, 0.25) is 0 Å². The van der Waals surface area contributed by atoms with Crippen molar-refractivity contribution in [2.24, 2.45) is 10.2 Å². The first-order chi connectivity index (χ1) is 10.4. The molecule has 0 bridgehead atoms. The largest absolute Gasteiger partial charge is 0.480 e. The van der Waals surface area contributed by atoms with E-state index in [0.29, 0.717) is 11.6 Å². The van der Waals surface area contributed by atoms with Gasteiger partial charge in [-0.25, -0.2) is 0 Å². The lowest BCUT2D eigenvalue weighted by Gasteiger charge is -2.04. The fourth-order valence-electron chi connectivity index (χ4n) is 1.48. The Morgan fingerprint density at radius 3 is 2.73 bits per heavy atom. The molecule has 3 amide bonds. The van der Waals surface area contributed by atoms with Gasteiger partial charge in [0.2, 0.25) is 11.8 Å². The maximum Gasteiger partial charge on any atom is 0.322 e. The Balaban J connectivity index is 1.86. The van der Waals surface area contributed by atoms with E-state index in [-0.39, 0.29) is 16.8 Å². The van der Waals surface area contributed by atoms with Gasteiger partial charge in [-0.05, 0) is 0 Å². The van der Waals surface area contributed by atoms with Crippen molar-refractivity contribution in [1.82, 2.24) is 16.0 Å². The summed E-state index contributed by atoms with van der Waals surface area (Å²) in [6.07, 6.45) is -0.161. The van der Waals surface area contributed by atoms with Gasteiger partial charge in [-0.1, -0.05) is 23.5 Å². The minimum atomic E-state index is -1.16. The number of hydrogen-bond acceptors (Lipinski definition) is 8. The molecule has 0 unspecified atom stereocenters. The fourth-order valence-corrected chi connectivity index (χ4v) is 2.99. The van der Waals surface area contributed by atoms with Gasteiger partial charge in [0.15, 0.2) is 5.17 Å². The summed E-state index contributed by atoms with van der Waals surface area (Å²) in [6, 6.07) is 0. The highest BCUT2D eigenvalue weighted by molar-refractivity contribution is 8.15. The smallest absolute Gasteiger partial charge is 0.322 e. The third-order valence-corrected chi connectivity index (χ3v) is 4.29. The predicted molar refractivity (Wildman–Crippen MR) is 80.6 cm³/mol. The lowest BCUT2D eigenvalue weighted by molar-refractivity contribution is -0.137. The molecule has 118 valence electrons. The molecule has 4 N–H and O–H groups in total. The Labute approximate surface area is 132 Å². The summed E-state index contributed by atoms with van der Waals surface area (Å²) in [5.41, 5.74) is 0. The maximum absolute atomic E-state index is 11.7. The first-order valence-electron chi connectivity index (χ1n) is 5.98. The van der Waals surface area contributed by atoms with E-state index in [1.165, 1.54) is 0 Å². The van der Waals surface area contributed by atoms with Gasteiger partial charge in [-0.2, -0.15) is 0 Å². The summed E-state index contributed by atoms with van der Waals surface area (Å²) in [5.74, 6) is -1.33. The van der Waals surface area contributed by atoms with E-state index >= 15 is 0 Å². The highest BCUT2D eigenvalue weighted by Crippen LogP contribution is 2.22. The van der Waals surface area contributed by atoms with Gasteiger partial charge in [-0.3, -0.25) is 19.2 Å². The summed E-state index contributed by atoms with van der Waals surface area (Å²) in [4.78, 5) is 44.4. The number of hydrogen-bond donors (Lipinski definition) is 4. The van der Waals surface area contributed by atoms with Crippen LogP contribution < -0.4 is 16.0 Å². The molecule has 2 rings (SSSR count). The number of nitrogens with one attached hydrogen (secondary N) is 3. The number of amidine groups is 2. The molecule has 0 radical (unpaired) electrons. The summed E-state index contributed by atoms with van der Waals surface area (Å²) in [6.45, 7) is -0.496. The van der Waals surface area contributed by atoms with Crippen LogP contribution in [-0.4, -0.2) is 56.7 Å². The fraction of sp³-hybridized carbons (Fsp3) is 0.400. The average molecular weight is 345 g/mol. The zero-order chi connectivity index (χ0) is 16.1. The molecule has 2 heterocycles. The van der Waals surface area contributed by atoms with Crippen LogP contribution in [0.1, 0.15) is 6.42 Å². The first kappa shape index (κ1) is 16.3. The topological polar surface area (TPSA) is 149 Å². The van der Waals surface area contributed by atoms with Gasteiger partial charge in [0.25, 0.3) is 5.24 Å². The van der Waals surface area contributed by atoms with Crippen molar-refractivity contribution in [2.45, 2.75) is 11.7 Å². The van der Waals surface area contributed by atoms with Crippen LogP contribution >= 0.6 is 23.5 Å². The van der Waals surface area contributed by atoms with Crippen molar-refractivity contribution in [3.05, 3.63) is 0 Å². The number of carboxylic acid groups (broad SMARTS) is 1. The second-order valence-corrected chi connectivity index (χ2v) is 6.26. The quantitative estimate of drug-likeness (QED) is 0.464. The van der Waals surface area contributed by atoms with Gasteiger partial charge in [-0.15, -0.1) is 10.2 Å². The Kier molecular flexibility index (Phi) is 5.38. The van der Waals surface area contributed by atoms with E-state index in [9.17, 15) is 19.2 Å². The normalized spacial score (nSPS) is 24.5. The van der Waals surface area contributed by atoms with Crippen LogP contribution in [0.4, 0.5) is 4.79 Å². The molecule has 0 aliphatic carbocycles. The number of carbonyl (C=O) groups excluding carboxylic acids is 3. The SMILES string of the molecule is O=C(O)CNC(=O)C[C@@H]1SC(=NN=C2CSC(=O)N2)NC1=O. The molecule has 12 heteroatoms. The number of aliphatic carboxylic acids is 1. The molecule has 0 aromatic carbocycles. The zero-order valence-electron chi connectivity index (χ0n) is 11.0. The standard InChI is InChI=1S/C10H11N5O5S2/c16-6(11-2-7(17)18)1-4-8(19)13-9(22-4)15-14-5-3-21-10(20)12-5/h4H,1-3H2,(H,11,16)(H,17,18)(H,12,14,20)(H,13,15,19)/t4-/m0/s1. The summed E-state index contributed by atoms with van der Waals surface area (Å²) in [7, 11) is 0. The predicted octanol–water partition coefficient (Wildman–Crippen LogP) is -1.07. The van der Waals surface area contributed by atoms with Crippen LogP contribution in [0.5, 0.6) is 0 Å². The number of nitrogens with zero attached hydrogens (tertiary/aromatic N) is 2. The molecule has 0 aromatic heterocycles. The number of carboxylic acids is 1. The van der Waals surface area contributed by atoms with Crippen LogP contribution in [0, 0.1) is 0 Å². The second-order valence-electron chi connectivity index (χ2n) is 4.12. The lowest BCUT2D eigenvalue weighted by Crippen LogP contribution is -2.33. The Morgan fingerprint density at radius 2 is 2.09 bits per heavy atom. The minimum absolute atomic E-state index is 0.161. The number of rotatable bonds is 5. The van der Waals surface area contributed by atoms with Gasteiger partial charge < -0.3 is 21.1 Å². The number of amides is 3. The summed E-state index contributed by atoms with van der Waals surface area (Å²) in [5, 5.41) is 22.5. The molecular weight excluding hydrogens is 334 g/mol. The molecule has 2 aliphatic rings. The van der Waals surface area contributed by atoms with Gasteiger partial charge >= 0.3 is 5.97 Å². The summed E-state index contributed by atoms with van der Waals surface area (Å²) < 4.78 is 0. The van der Waals surface area contributed by atoms with Crippen LogP contribution in [0.15, 0.2) is 10.2 Å². The van der Waals surface area contributed by atoms with Crippen molar-refractivity contribution in [3.8, 4) is 0 Å². The number of thioether (sulfide) groups is 2. The molecule has 0 spiro atoms. The molecule has 2 saturated heterocycles. The molecule has 22 heavy (non-hydrogen) atoms. The Hall–Kier alpha value is -2.08. The second kappa shape index (κ2) is 7.26. The Morgan fingerprint density at radius 1 is 1.32 bits per heavy atom. The van der Waals surface area contributed by atoms with Crippen molar-refractivity contribution >= 4 is 57.5 Å². The number of carbonyl (C=O) groups is 4. The third-order valence-electron chi connectivity index (χ3n) is 2.43. The van der Waals surface area contributed by atoms with Crippen LogP contribution in [0.3, 0.4) is 0 Å². The van der Waals surface area contributed by atoms with E-state index in [1.807, 2.05) is 0 Å². The van der Waals surface area contributed by atoms with E-state index in [2.05, 4.69) is 26.2 Å².